The minimum atomic E-state index is -0.525. The first-order chi connectivity index (χ1) is 25.7. The number of aromatic nitrogens is 1. The second kappa shape index (κ2) is 22.1. The third-order valence-electron chi connectivity index (χ3n) is 11.8. The predicted octanol–water partition coefficient (Wildman–Crippen LogP) is 8.18. The van der Waals surface area contributed by atoms with Gasteiger partial charge in [0, 0.05) is 63.6 Å². The zero-order valence-corrected chi connectivity index (χ0v) is 36.4. The van der Waals surface area contributed by atoms with E-state index in [4.69, 9.17) is 21.7 Å². The van der Waals surface area contributed by atoms with Gasteiger partial charge >= 0.3 is 0 Å². The van der Waals surface area contributed by atoms with Crippen LogP contribution >= 0.6 is 23.6 Å². The van der Waals surface area contributed by atoms with Crippen molar-refractivity contribution in [1.82, 2.24) is 20.1 Å². The summed E-state index contributed by atoms with van der Waals surface area (Å²) in [7, 11) is 5.15. The van der Waals surface area contributed by atoms with Gasteiger partial charge in [0.15, 0.2) is 0 Å². The summed E-state index contributed by atoms with van der Waals surface area (Å²) in [4.78, 5) is 51.0. The zero-order chi connectivity index (χ0) is 40.1. The van der Waals surface area contributed by atoms with Crippen molar-refractivity contribution in [1.29, 1.82) is 0 Å². The molecule has 2 heterocycles. The molecular weight excluding hydrogens is 717 g/mol. The number of likely N-dealkylation sites (tertiary alicyclic amines) is 1. The average Bonchev–Trinajstić information content (AvgIpc) is 3.87. The van der Waals surface area contributed by atoms with Gasteiger partial charge in [-0.2, -0.15) is 0 Å². The van der Waals surface area contributed by atoms with Gasteiger partial charge in [-0.05, 0) is 49.0 Å². The Labute approximate surface area is 335 Å². The van der Waals surface area contributed by atoms with E-state index in [1.54, 1.807) is 30.5 Å². The van der Waals surface area contributed by atoms with E-state index in [2.05, 4.69) is 57.1 Å². The first-order valence-electron chi connectivity index (χ1n) is 20.1. The number of ketones is 1. The van der Waals surface area contributed by atoms with Crippen LogP contribution in [0.1, 0.15) is 111 Å². The van der Waals surface area contributed by atoms with Gasteiger partial charge in [-0.3, -0.25) is 14.4 Å². The molecule has 54 heavy (non-hydrogen) atoms. The van der Waals surface area contributed by atoms with Crippen LogP contribution in [0.25, 0.3) is 0 Å². The van der Waals surface area contributed by atoms with Crippen LogP contribution in [-0.4, -0.2) is 89.5 Å². The van der Waals surface area contributed by atoms with E-state index < -0.39 is 12.0 Å². The van der Waals surface area contributed by atoms with E-state index in [-0.39, 0.29) is 84.3 Å². The second-order valence-corrected chi connectivity index (χ2v) is 17.4. The van der Waals surface area contributed by atoms with Crippen LogP contribution in [0, 0.1) is 35.5 Å². The lowest BCUT2D eigenvalue weighted by Crippen LogP contribution is -2.54. The Hall–Kier alpha value is -2.73. The third kappa shape index (κ3) is 11.9. The molecule has 1 aliphatic rings. The Morgan fingerprint density at radius 1 is 0.981 bits per heavy atom. The molecular formula is C43H68N4O5S2. The number of carbonyl (C=O) groups excluding carboxylic acids is 3. The number of benzene rings is 1. The summed E-state index contributed by atoms with van der Waals surface area (Å²) >= 11 is 7.65. The van der Waals surface area contributed by atoms with Crippen LogP contribution < -0.4 is 5.32 Å². The topological polar surface area (TPSA) is 101 Å². The minimum Gasteiger partial charge on any atom is -0.379 e. The van der Waals surface area contributed by atoms with Gasteiger partial charge in [0.05, 0.1) is 41.7 Å². The predicted molar refractivity (Wildman–Crippen MR) is 223 cm³/mol. The fourth-order valence-corrected chi connectivity index (χ4v) is 9.34. The van der Waals surface area contributed by atoms with Gasteiger partial charge < -0.3 is 24.6 Å². The molecule has 0 bridgehead atoms. The molecule has 1 fully saturated rings. The number of thiocarbonyl (C=S) groups is 1. The van der Waals surface area contributed by atoms with E-state index >= 15 is 0 Å². The average molecular weight is 785 g/mol. The number of carbonyl (C=O) groups is 3. The van der Waals surface area contributed by atoms with E-state index in [0.717, 1.165) is 37.1 Å². The molecule has 0 radical (unpaired) electrons. The lowest BCUT2D eigenvalue weighted by Gasteiger charge is -2.41. The van der Waals surface area contributed by atoms with Gasteiger partial charge in [0.25, 0.3) is 0 Å². The van der Waals surface area contributed by atoms with Crippen molar-refractivity contribution in [3.8, 4) is 0 Å². The summed E-state index contributed by atoms with van der Waals surface area (Å²) in [5.74, 6) is -0.334. The quantitative estimate of drug-likeness (QED) is 0.119. The Bertz CT molecular complexity index is 1450. The maximum absolute atomic E-state index is 14.3. The van der Waals surface area contributed by atoms with Gasteiger partial charge in [-0.25, -0.2) is 4.98 Å². The zero-order valence-electron chi connectivity index (χ0n) is 34.7. The molecule has 1 aliphatic heterocycles. The fourth-order valence-electron chi connectivity index (χ4n) is 8.37. The number of amides is 2. The van der Waals surface area contributed by atoms with Crippen LogP contribution in [0.2, 0.25) is 0 Å². The number of likely N-dealkylation sites (N-methyl/N-ethyl adjacent to an activating group) is 1. The van der Waals surface area contributed by atoms with Gasteiger partial charge in [-0.15, -0.1) is 11.3 Å². The van der Waals surface area contributed by atoms with Crippen LogP contribution in [0.3, 0.4) is 0 Å². The van der Waals surface area contributed by atoms with Crippen LogP contribution in [-0.2, 0) is 30.3 Å². The highest BCUT2D eigenvalue weighted by Crippen LogP contribution is 2.32. The molecule has 1 aromatic heterocycles. The van der Waals surface area contributed by atoms with Crippen molar-refractivity contribution in [2.45, 2.75) is 131 Å². The number of nitrogens with zero attached hydrogens (tertiary/aromatic N) is 3. The lowest BCUT2D eigenvalue weighted by atomic mass is 9.80. The Morgan fingerprint density at radius 3 is 2.19 bits per heavy atom. The maximum Gasteiger partial charge on any atom is 0.226 e. The normalized spacial score (nSPS) is 19.1. The molecule has 11 heteroatoms. The maximum atomic E-state index is 14.3. The summed E-state index contributed by atoms with van der Waals surface area (Å²) < 4.78 is 12.3. The third-order valence-corrected chi connectivity index (χ3v) is 13.2. The molecule has 0 unspecified atom stereocenters. The van der Waals surface area contributed by atoms with E-state index in [1.165, 1.54) is 5.56 Å². The summed E-state index contributed by atoms with van der Waals surface area (Å²) in [5.41, 5.74) is 1.19. The summed E-state index contributed by atoms with van der Waals surface area (Å²) in [6.45, 7) is 17.1. The molecule has 2 aromatic rings. The van der Waals surface area contributed by atoms with Crippen molar-refractivity contribution in [2.75, 3.05) is 27.8 Å². The highest BCUT2D eigenvalue weighted by Gasteiger charge is 2.42. The van der Waals surface area contributed by atoms with Crippen LogP contribution in [0.5, 0.6) is 0 Å². The second-order valence-electron chi connectivity index (χ2n) is 16.0. The monoisotopic (exact) mass is 784 g/mol. The number of thiazole rings is 1. The highest BCUT2D eigenvalue weighted by molar-refractivity contribution is 7.80. The Balaban J connectivity index is 1.78. The number of hydrogen-bond donors (Lipinski definition) is 1. The Morgan fingerprint density at radius 2 is 1.65 bits per heavy atom. The molecule has 0 aliphatic carbocycles. The summed E-state index contributed by atoms with van der Waals surface area (Å²) in [5, 5.41) is 6.56. The summed E-state index contributed by atoms with van der Waals surface area (Å²) in [6.07, 6.45) is 5.31. The molecule has 0 spiro atoms. The van der Waals surface area contributed by atoms with Crippen molar-refractivity contribution >= 4 is 46.1 Å². The molecule has 302 valence electrons. The molecule has 3 rings (SSSR count). The Kier molecular flexibility index (Phi) is 18.7. The molecule has 1 saturated heterocycles. The smallest absolute Gasteiger partial charge is 0.226 e. The van der Waals surface area contributed by atoms with Crippen molar-refractivity contribution < 1.29 is 23.9 Å². The van der Waals surface area contributed by atoms with E-state index in [0.29, 0.717) is 11.5 Å². The lowest BCUT2D eigenvalue weighted by molar-refractivity contribution is -0.148. The number of Topliss-reactive ketones (excluding diaryl/α,β-unsaturated/α-hetero) is 1. The number of hydrogen-bond acceptors (Lipinski definition) is 8. The molecule has 2 amide bonds. The number of rotatable bonds is 22. The van der Waals surface area contributed by atoms with E-state index in [9.17, 15) is 14.4 Å². The number of nitrogens with one attached hydrogen (secondary N) is 1. The summed E-state index contributed by atoms with van der Waals surface area (Å²) in [6, 6.07) is 9.73. The van der Waals surface area contributed by atoms with E-state index in [1.807, 2.05) is 62.5 Å². The number of methoxy groups -OCH3 is 2. The SMILES string of the molecule is CC[C@H](C(=O)C[C@H](C(=O)N(C)[C@@H]([C@@H](C)CC)[C@@H](CC(=O)N1CCC[C@H]1[C@H](OC)[C@@H](C)C(=S)N[C@@H](Cc1ccccc1)c1nccs1)OC)C(C)C)C(C)C. The standard InChI is InChI=1S/C43H68N4O5S2/c1-12-29(7)39(46(9)43(50)33(28(5)6)25-36(48)32(13-2)27(3)4)37(51-10)26-38(49)47-22-17-20-35(47)40(52-11)30(8)41(53)45-34(42-44-21-23-54-42)24-31-18-15-14-16-19-31/h14-16,18-19,21,23,27-30,32-35,37,39-40H,12-13,17,20,22,24-26H2,1-11H3,(H,45,53)/t29-,30+,32-,33-,34-,35-,37+,39-,40+/m0/s1. The molecule has 9 nitrogen and oxygen atoms in total. The molecule has 1 N–H and O–H groups in total. The molecule has 0 saturated carbocycles. The molecule has 9 atom stereocenters. The fraction of sp³-hybridized carbons (Fsp3) is 0.698. The van der Waals surface area contributed by atoms with Crippen LogP contribution in [0.15, 0.2) is 41.9 Å². The first-order valence-corrected chi connectivity index (χ1v) is 21.4. The first kappa shape index (κ1) is 45.7. The molecule has 1 aromatic carbocycles. The largest absolute Gasteiger partial charge is 0.379 e. The minimum absolute atomic E-state index is 0.0112. The van der Waals surface area contributed by atoms with Gasteiger partial charge in [-0.1, -0.05) is 104 Å². The van der Waals surface area contributed by atoms with Crippen LogP contribution in [0.4, 0.5) is 0 Å². The van der Waals surface area contributed by atoms with Gasteiger partial charge in [0.1, 0.15) is 10.8 Å². The van der Waals surface area contributed by atoms with Crippen molar-refractivity contribution in [3.63, 3.8) is 0 Å². The number of ether oxygens (including phenoxy) is 2. The van der Waals surface area contributed by atoms with Crippen molar-refractivity contribution in [2.24, 2.45) is 35.5 Å². The highest BCUT2D eigenvalue weighted by atomic mass is 32.1. The van der Waals surface area contributed by atoms with Crippen molar-refractivity contribution in [3.05, 3.63) is 52.5 Å². The van der Waals surface area contributed by atoms with Gasteiger partial charge in [0.2, 0.25) is 11.8 Å².